The van der Waals surface area contributed by atoms with Crippen molar-refractivity contribution in [2.75, 3.05) is 6.54 Å². The van der Waals surface area contributed by atoms with E-state index in [1.165, 1.54) is 22.8 Å². The standard InChI is InChI=1S/C15H14FN/c16-13-5-1-3-11(9-13)14-6-2-4-12-10-17-8-7-15(12)14/h1-6,9,17H,7-8,10H2. The van der Waals surface area contributed by atoms with Crippen molar-refractivity contribution in [3.05, 3.63) is 59.4 Å². The molecule has 0 fully saturated rings. The van der Waals surface area contributed by atoms with Gasteiger partial charge in [0.1, 0.15) is 5.82 Å². The fraction of sp³-hybridized carbons (Fsp3) is 0.200. The highest BCUT2D eigenvalue weighted by atomic mass is 19.1. The number of fused-ring (bicyclic) bond motifs is 1. The molecule has 1 aliphatic heterocycles. The second-order valence-electron chi connectivity index (χ2n) is 4.38. The van der Waals surface area contributed by atoms with E-state index in [0.29, 0.717) is 0 Å². The summed E-state index contributed by atoms with van der Waals surface area (Å²) in [5.74, 6) is -0.172. The smallest absolute Gasteiger partial charge is 0.123 e. The summed E-state index contributed by atoms with van der Waals surface area (Å²) in [6, 6.07) is 13.1. The lowest BCUT2D eigenvalue weighted by Crippen LogP contribution is -2.24. The lowest BCUT2D eigenvalue weighted by molar-refractivity contribution is 0.628. The Bertz CT molecular complexity index is 548. The number of halogens is 1. The van der Waals surface area contributed by atoms with Gasteiger partial charge in [-0.1, -0.05) is 30.3 Å². The van der Waals surface area contributed by atoms with Crippen molar-refractivity contribution in [1.82, 2.24) is 5.32 Å². The fourth-order valence-electron chi connectivity index (χ4n) is 2.46. The molecule has 17 heavy (non-hydrogen) atoms. The highest BCUT2D eigenvalue weighted by molar-refractivity contribution is 5.69. The molecule has 0 atom stereocenters. The van der Waals surface area contributed by atoms with E-state index in [2.05, 4.69) is 17.4 Å². The number of nitrogens with one attached hydrogen (secondary N) is 1. The molecule has 0 spiro atoms. The van der Waals surface area contributed by atoms with Crippen LogP contribution in [0.25, 0.3) is 11.1 Å². The van der Waals surface area contributed by atoms with Crippen LogP contribution >= 0.6 is 0 Å². The van der Waals surface area contributed by atoms with E-state index in [1.54, 1.807) is 12.1 Å². The lowest BCUT2D eigenvalue weighted by atomic mass is 9.91. The first-order valence-corrected chi connectivity index (χ1v) is 5.92. The molecule has 0 aliphatic carbocycles. The number of hydrogen-bond acceptors (Lipinski definition) is 1. The summed E-state index contributed by atoms with van der Waals surface area (Å²) in [5.41, 5.74) is 4.84. The first-order chi connectivity index (χ1) is 8.34. The maximum atomic E-state index is 13.3. The van der Waals surface area contributed by atoms with Crippen molar-refractivity contribution in [2.45, 2.75) is 13.0 Å². The predicted molar refractivity (Wildman–Crippen MR) is 67.2 cm³/mol. The van der Waals surface area contributed by atoms with E-state index >= 15 is 0 Å². The average Bonchev–Trinajstić information content (AvgIpc) is 2.38. The van der Waals surface area contributed by atoms with Crippen LogP contribution in [0.4, 0.5) is 4.39 Å². The van der Waals surface area contributed by atoms with Crippen LogP contribution in [0, 0.1) is 5.82 Å². The van der Waals surface area contributed by atoms with E-state index in [-0.39, 0.29) is 5.82 Å². The summed E-state index contributed by atoms with van der Waals surface area (Å²) in [4.78, 5) is 0. The van der Waals surface area contributed by atoms with Crippen LogP contribution in [-0.4, -0.2) is 6.54 Å². The van der Waals surface area contributed by atoms with Gasteiger partial charge in [-0.15, -0.1) is 0 Å². The van der Waals surface area contributed by atoms with Crippen LogP contribution in [0.15, 0.2) is 42.5 Å². The number of rotatable bonds is 1. The second-order valence-corrected chi connectivity index (χ2v) is 4.38. The zero-order valence-electron chi connectivity index (χ0n) is 9.54. The minimum atomic E-state index is -0.172. The summed E-state index contributed by atoms with van der Waals surface area (Å²) >= 11 is 0. The number of hydrogen-bond donors (Lipinski definition) is 1. The Morgan fingerprint density at radius 2 is 1.94 bits per heavy atom. The molecule has 0 radical (unpaired) electrons. The molecule has 2 aromatic rings. The van der Waals surface area contributed by atoms with Crippen LogP contribution in [0.1, 0.15) is 11.1 Å². The largest absolute Gasteiger partial charge is 0.312 e. The van der Waals surface area contributed by atoms with Crippen molar-refractivity contribution in [3.63, 3.8) is 0 Å². The third-order valence-electron chi connectivity index (χ3n) is 3.28. The van der Waals surface area contributed by atoms with Crippen LogP contribution in [0.5, 0.6) is 0 Å². The SMILES string of the molecule is Fc1cccc(-c2cccc3c2CCNC3)c1. The highest BCUT2D eigenvalue weighted by Crippen LogP contribution is 2.28. The Balaban J connectivity index is 2.14. The van der Waals surface area contributed by atoms with Gasteiger partial charge in [-0.25, -0.2) is 4.39 Å². The molecule has 2 heteroatoms. The van der Waals surface area contributed by atoms with Gasteiger partial charge in [0.15, 0.2) is 0 Å². The van der Waals surface area contributed by atoms with Gasteiger partial charge >= 0.3 is 0 Å². The molecular formula is C15H14FN. The fourth-order valence-corrected chi connectivity index (χ4v) is 2.46. The molecule has 0 amide bonds. The van der Waals surface area contributed by atoms with Crippen molar-refractivity contribution >= 4 is 0 Å². The lowest BCUT2D eigenvalue weighted by Gasteiger charge is -2.20. The molecule has 0 bridgehead atoms. The van der Waals surface area contributed by atoms with Gasteiger partial charge in [0, 0.05) is 6.54 Å². The third-order valence-corrected chi connectivity index (χ3v) is 3.28. The first-order valence-electron chi connectivity index (χ1n) is 5.92. The van der Waals surface area contributed by atoms with Crippen molar-refractivity contribution < 1.29 is 4.39 Å². The van der Waals surface area contributed by atoms with Crippen LogP contribution in [0.2, 0.25) is 0 Å². The summed E-state index contributed by atoms with van der Waals surface area (Å²) < 4.78 is 13.3. The molecule has 1 N–H and O–H groups in total. The van der Waals surface area contributed by atoms with Crippen LogP contribution in [-0.2, 0) is 13.0 Å². The van der Waals surface area contributed by atoms with Gasteiger partial charge < -0.3 is 5.32 Å². The van der Waals surface area contributed by atoms with E-state index < -0.39 is 0 Å². The zero-order chi connectivity index (χ0) is 11.7. The quantitative estimate of drug-likeness (QED) is 0.789. The van der Waals surface area contributed by atoms with Crippen LogP contribution in [0.3, 0.4) is 0 Å². The maximum Gasteiger partial charge on any atom is 0.123 e. The van der Waals surface area contributed by atoms with Gasteiger partial charge in [-0.3, -0.25) is 0 Å². The highest BCUT2D eigenvalue weighted by Gasteiger charge is 2.13. The molecular weight excluding hydrogens is 213 g/mol. The Morgan fingerprint density at radius 1 is 1.06 bits per heavy atom. The Morgan fingerprint density at radius 3 is 2.82 bits per heavy atom. The summed E-state index contributed by atoms with van der Waals surface area (Å²) in [6.45, 7) is 1.91. The molecule has 0 unspecified atom stereocenters. The molecule has 86 valence electrons. The predicted octanol–water partition coefficient (Wildman–Crippen LogP) is 3.14. The molecule has 1 heterocycles. The van der Waals surface area contributed by atoms with Gasteiger partial charge in [-0.05, 0) is 47.4 Å². The summed E-state index contributed by atoms with van der Waals surface area (Å²) in [7, 11) is 0. The second kappa shape index (κ2) is 4.30. The molecule has 2 aromatic carbocycles. The normalized spacial score (nSPS) is 14.4. The molecule has 1 aliphatic rings. The van der Waals surface area contributed by atoms with Gasteiger partial charge in [-0.2, -0.15) is 0 Å². The molecule has 0 saturated carbocycles. The van der Waals surface area contributed by atoms with Crippen molar-refractivity contribution in [3.8, 4) is 11.1 Å². The summed E-state index contributed by atoms with van der Waals surface area (Å²) in [5, 5.41) is 3.36. The van der Waals surface area contributed by atoms with E-state index in [4.69, 9.17) is 0 Å². The van der Waals surface area contributed by atoms with Gasteiger partial charge in [0.25, 0.3) is 0 Å². The monoisotopic (exact) mass is 227 g/mol. The minimum Gasteiger partial charge on any atom is -0.312 e. The number of benzene rings is 2. The Labute approximate surface area is 100 Å². The molecule has 0 aromatic heterocycles. The Kier molecular flexibility index (Phi) is 2.65. The topological polar surface area (TPSA) is 12.0 Å². The molecule has 1 nitrogen and oxygen atoms in total. The molecule has 0 saturated heterocycles. The first kappa shape index (κ1) is 10.5. The van der Waals surface area contributed by atoms with Crippen molar-refractivity contribution in [2.24, 2.45) is 0 Å². The van der Waals surface area contributed by atoms with Gasteiger partial charge in [0.05, 0.1) is 0 Å². The zero-order valence-corrected chi connectivity index (χ0v) is 9.54. The van der Waals surface area contributed by atoms with E-state index in [1.807, 2.05) is 12.1 Å². The van der Waals surface area contributed by atoms with Gasteiger partial charge in [0.2, 0.25) is 0 Å². The van der Waals surface area contributed by atoms with E-state index in [9.17, 15) is 4.39 Å². The molecule has 3 rings (SSSR count). The Hall–Kier alpha value is -1.67. The maximum absolute atomic E-state index is 13.3. The van der Waals surface area contributed by atoms with Crippen molar-refractivity contribution in [1.29, 1.82) is 0 Å². The van der Waals surface area contributed by atoms with E-state index in [0.717, 1.165) is 25.1 Å². The minimum absolute atomic E-state index is 0.172. The average molecular weight is 227 g/mol. The third kappa shape index (κ3) is 1.96. The van der Waals surface area contributed by atoms with Crippen LogP contribution < -0.4 is 5.32 Å². The summed E-state index contributed by atoms with van der Waals surface area (Å²) in [6.07, 6.45) is 1.02.